The van der Waals surface area contributed by atoms with Gasteiger partial charge in [-0.2, -0.15) is 0 Å². The van der Waals surface area contributed by atoms with Gasteiger partial charge in [0, 0.05) is 29.8 Å². The lowest BCUT2D eigenvalue weighted by Gasteiger charge is -2.31. The summed E-state index contributed by atoms with van der Waals surface area (Å²) in [6, 6.07) is 0. The number of nitrogens with zero attached hydrogens (tertiary/aromatic N) is 2. The molecule has 1 unspecified atom stereocenters. The topological polar surface area (TPSA) is 29.3 Å². The van der Waals surface area contributed by atoms with Crippen molar-refractivity contribution >= 4 is 11.9 Å². The van der Waals surface area contributed by atoms with Gasteiger partial charge in [-0.1, -0.05) is 68.9 Å². The van der Waals surface area contributed by atoms with Crippen LogP contribution in [0.1, 0.15) is 93.4 Å². The summed E-state index contributed by atoms with van der Waals surface area (Å²) in [4.78, 5) is 6.41. The first kappa shape index (κ1) is 21.7. The monoisotopic (exact) mass is 424 g/mol. The van der Waals surface area contributed by atoms with Crippen LogP contribution >= 0.6 is 11.9 Å². The Hall–Kier alpha value is -1.52. The minimum absolute atomic E-state index is 0.480. The van der Waals surface area contributed by atoms with E-state index in [1.165, 1.54) is 74.8 Å². The fourth-order valence-electron chi connectivity index (χ4n) is 4.87. The third kappa shape index (κ3) is 6.01. The van der Waals surface area contributed by atoms with E-state index in [1.807, 2.05) is 11.9 Å². The predicted molar refractivity (Wildman–Crippen MR) is 128 cm³/mol. The van der Waals surface area contributed by atoms with Gasteiger partial charge in [0.25, 0.3) is 0 Å². The van der Waals surface area contributed by atoms with Gasteiger partial charge in [0.1, 0.15) is 5.76 Å². The molecular formula is C26H36N2OS. The molecule has 30 heavy (non-hydrogen) atoms. The summed E-state index contributed by atoms with van der Waals surface area (Å²) in [7, 11) is 0. The fraction of sp³-hybridized carbons (Fsp3) is 0.577. The third-order valence-corrected chi connectivity index (χ3v) is 7.60. The molecule has 1 saturated carbocycles. The van der Waals surface area contributed by atoms with Crippen LogP contribution in [0.5, 0.6) is 0 Å². The molecule has 3 nitrogen and oxygen atoms in total. The van der Waals surface area contributed by atoms with Crippen molar-refractivity contribution in [2.24, 2.45) is 0 Å². The Kier molecular flexibility index (Phi) is 8.10. The van der Waals surface area contributed by atoms with Crippen LogP contribution in [0.4, 0.5) is 0 Å². The normalized spacial score (nSPS) is 29.5. The van der Waals surface area contributed by atoms with E-state index >= 15 is 0 Å². The quantitative estimate of drug-likeness (QED) is 0.465. The number of allylic oxidation sites excluding steroid dienone is 7. The van der Waals surface area contributed by atoms with Crippen molar-refractivity contribution in [2.45, 2.75) is 83.0 Å². The predicted octanol–water partition coefficient (Wildman–Crippen LogP) is 7.59. The third-order valence-electron chi connectivity index (χ3n) is 6.52. The number of oxazole rings is 1. The number of hydrogen-bond acceptors (Lipinski definition) is 4. The Morgan fingerprint density at radius 2 is 1.57 bits per heavy atom. The molecule has 1 saturated heterocycles. The lowest BCUT2D eigenvalue weighted by atomic mass is 9.95. The van der Waals surface area contributed by atoms with Crippen LogP contribution < -0.4 is 0 Å². The van der Waals surface area contributed by atoms with E-state index in [4.69, 9.17) is 9.40 Å². The SMILES string of the molecule is Cc1oc(C2CCCCCCCC2)nc1C1CCCN(SC2=C/C=C\C=C/C=C\2)C1. The van der Waals surface area contributed by atoms with Gasteiger partial charge in [0.15, 0.2) is 5.89 Å². The number of piperidine rings is 1. The van der Waals surface area contributed by atoms with Crippen molar-refractivity contribution in [1.82, 2.24) is 9.29 Å². The summed E-state index contributed by atoms with van der Waals surface area (Å²) >= 11 is 1.87. The van der Waals surface area contributed by atoms with E-state index in [9.17, 15) is 0 Å². The van der Waals surface area contributed by atoms with Crippen molar-refractivity contribution in [3.05, 3.63) is 64.8 Å². The number of rotatable bonds is 4. The number of hydrogen-bond donors (Lipinski definition) is 0. The molecule has 0 aromatic carbocycles. The largest absolute Gasteiger partial charge is 0.445 e. The molecule has 1 aromatic rings. The van der Waals surface area contributed by atoms with Gasteiger partial charge in [-0.05, 0) is 56.7 Å². The maximum absolute atomic E-state index is 6.28. The highest BCUT2D eigenvalue weighted by Crippen LogP contribution is 2.37. The van der Waals surface area contributed by atoms with Crippen LogP contribution in [-0.4, -0.2) is 22.4 Å². The zero-order valence-electron chi connectivity index (χ0n) is 18.4. The second-order valence-electron chi connectivity index (χ2n) is 8.91. The van der Waals surface area contributed by atoms with Crippen LogP contribution in [-0.2, 0) is 0 Å². The number of aromatic nitrogens is 1. The summed E-state index contributed by atoms with van der Waals surface area (Å²) in [5, 5.41) is 0. The maximum atomic E-state index is 6.28. The molecule has 2 fully saturated rings. The number of aryl methyl sites for hydroxylation is 1. The summed E-state index contributed by atoms with van der Waals surface area (Å²) in [5.41, 5.74) is 1.22. The molecule has 0 bridgehead atoms. The zero-order valence-corrected chi connectivity index (χ0v) is 19.2. The molecule has 4 heteroatoms. The summed E-state index contributed by atoms with van der Waals surface area (Å²) in [5.74, 6) is 3.08. The Balaban J connectivity index is 1.42. The summed E-state index contributed by atoms with van der Waals surface area (Å²) in [6.45, 7) is 4.31. The van der Waals surface area contributed by atoms with Crippen LogP contribution in [0.25, 0.3) is 0 Å². The Morgan fingerprint density at radius 3 is 2.40 bits per heavy atom. The molecule has 1 aliphatic heterocycles. The summed E-state index contributed by atoms with van der Waals surface area (Å²) in [6.07, 6.45) is 28.0. The van der Waals surface area contributed by atoms with Crippen LogP contribution in [0.3, 0.4) is 0 Å². The maximum Gasteiger partial charge on any atom is 0.197 e. The zero-order chi connectivity index (χ0) is 20.6. The molecule has 2 heterocycles. The minimum Gasteiger partial charge on any atom is -0.445 e. The fourth-order valence-corrected chi connectivity index (χ4v) is 5.92. The highest BCUT2D eigenvalue weighted by Gasteiger charge is 2.28. The highest BCUT2D eigenvalue weighted by molar-refractivity contribution is 8.01. The van der Waals surface area contributed by atoms with Crippen LogP contribution in [0, 0.1) is 6.92 Å². The van der Waals surface area contributed by atoms with Crippen molar-refractivity contribution in [2.75, 3.05) is 13.1 Å². The van der Waals surface area contributed by atoms with Crippen molar-refractivity contribution in [3.8, 4) is 0 Å². The smallest absolute Gasteiger partial charge is 0.197 e. The summed E-state index contributed by atoms with van der Waals surface area (Å²) < 4.78 is 8.80. The van der Waals surface area contributed by atoms with E-state index in [-0.39, 0.29) is 0 Å². The van der Waals surface area contributed by atoms with E-state index < -0.39 is 0 Å². The molecule has 1 aromatic heterocycles. The van der Waals surface area contributed by atoms with Gasteiger partial charge in [-0.15, -0.1) is 0 Å². The Morgan fingerprint density at radius 1 is 0.867 bits per heavy atom. The molecule has 0 radical (unpaired) electrons. The van der Waals surface area contributed by atoms with Gasteiger partial charge in [0.05, 0.1) is 5.69 Å². The molecule has 0 amide bonds. The average Bonchev–Trinajstić information content (AvgIpc) is 3.17. The Labute approximate surface area is 186 Å². The van der Waals surface area contributed by atoms with E-state index in [0.29, 0.717) is 11.8 Å². The van der Waals surface area contributed by atoms with Crippen molar-refractivity contribution < 1.29 is 4.42 Å². The molecule has 0 N–H and O–H groups in total. The van der Waals surface area contributed by atoms with Crippen molar-refractivity contribution in [3.63, 3.8) is 0 Å². The van der Waals surface area contributed by atoms with Gasteiger partial charge in [0.2, 0.25) is 0 Å². The second-order valence-corrected chi connectivity index (χ2v) is 10.1. The Bertz CT molecular complexity index is 794. The minimum atomic E-state index is 0.480. The van der Waals surface area contributed by atoms with E-state index in [0.717, 1.165) is 24.7 Å². The molecule has 2 aliphatic carbocycles. The molecule has 0 spiro atoms. The van der Waals surface area contributed by atoms with Gasteiger partial charge >= 0.3 is 0 Å². The standard InChI is InChI=1S/C26H36N2OS/c1-21-25(27-26(29-21)22-14-9-5-2-3-6-10-15-22)23-16-13-19-28(20-23)30-24-17-11-7-4-8-12-18-24/h4,7-8,11-12,17-18,22-23H,2-3,5-6,9-10,13-16,19-20H2,1H3/b7-4-,8-4?,11-7?,12-8-,17-11-,18-12?,24-17?,24-18+. The van der Waals surface area contributed by atoms with Crippen molar-refractivity contribution in [1.29, 1.82) is 0 Å². The van der Waals surface area contributed by atoms with Crippen LogP contribution in [0.15, 0.2) is 51.9 Å². The molecule has 162 valence electrons. The van der Waals surface area contributed by atoms with E-state index in [1.54, 1.807) is 0 Å². The molecule has 3 aliphatic rings. The second kappa shape index (κ2) is 11.2. The first-order valence-electron chi connectivity index (χ1n) is 11.9. The highest BCUT2D eigenvalue weighted by atomic mass is 32.2. The van der Waals surface area contributed by atoms with Crippen LogP contribution in [0.2, 0.25) is 0 Å². The first-order chi connectivity index (χ1) is 14.8. The molecule has 4 rings (SSSR count). The molecular weight excluding hydrogens is 388 g/mol. The van der Waals surface area contributed by atoms with E-state index in [2.05, 4.69) is 53.8 Å². The molecule has 1 atom stereocenters. The lowest BCUT2D eigenvalue weighted by molar-refractivity contribution is 0.338. The van der Waals surface area contributed by atoms with Gasteiger partial charge in [-0.3, -0.25) is 0 Å². The van der Waals surface area contributed by atoms with Gasteiger partial charge in [-0.25, -0.2) is 9.29 Å². The van der Waals surface area contributed by atoms with Gasteiger partial charge < -0.3 is 4.42 Å². The average molecular weight is 425 g/mol. The lowest BCUT2D eigenvalue weighted by Crippen LogP contribution is -2.29. The first-order valence-corrected chi connectivity index (χ1v) is 12.7.